The molecule has 0 saturated heterocycles. The lowest BCUT2D eigenvalue weighted by molar-refractivity contribution is -0.238. The molecular weight excluding hydrogens is 656 g/mol. The first-order chi connectivity index (χ1) is 23.1. The Morgan fingerprint density at radius 3 is 2.27 bits per heavy atom. The molecule has 1 aromatic carbocycles. The Labute approximate surface area is 290 Å². The minimum absolute atomic E-state index is 0.0526. The number of carbonyl (C=O) groups is 4. The summed E-state index contributed by atoms with van der Waals surface area (Å²) in [6, 6.07) is 7.64. The molecule has 4 N–H and O–H groups in total. The van der Waals surface area contributed by atoms with Gasteiger partial charge in [-0.15, -0.1) is 0 Å². The summed E-state index contributed by atoms with van der Waals surface area (Å²) in [5.41, 5.74) is -0.772. The van der Waals surface area contributed by atoms with E-state index in [-0.39, 0.29) is 38.0 Å². The zero-order valence-electron chi connectivity index (χ0n) is 29.3. The van der Waals surface area contributed by atoms with Crippen molar-refractivity contribution in [2.75, 3.05) is 19.7 Å². The fourth-order valence-electron chi connectivity index (χ4n) is 5.88. The highest BCUT2D eigenvalue weighted by Gasteiger charge is 2.41. The van der Waals surface area contributed by atoms with E-state index < -0.39 is 63.8 Å². The van der Waals surface area contributed by atoms with Gasteiger partial charge in [0.15, 0.2) is 0 Å². The number of esters is 1. The van der Waals surface area contributed by atoms with Gasteiger partial charge in [-0.1, -0.05) is 63.4 Å². The molecule has 2 aliphatic rings. The van der Waals surface area contributed by atoms with E-state index in [1.165, 1.54) is 13.8 Å². The number of carbonyl (C=O) groups excluding carboxylic acids is 4. The van der Waals surface area contributed by atoms with Gasteiger partial charge in [0.2, 0.25) is 5.91 Å². The van der Waals surface area contributed by atoms with E-state index in [0.29, 0.717) is 32.1 Å². The van der Waals surface area contributed by atoms with Gasteiger partial charge < -0.3 is 20.5 Å². The number of ether oxygens (including phenoxy) is 1. The van der Waals surface area contributed by atoms with Gasteiger partial charge in [-0.25, -0.2) is 19.4 Å². The van der Waals surface area contributed by atoms with E-state index in [2.05, 4.69) is 15.4 Å². The molecule has 1 aromatic rings. The van der Waals surface area contributed by atoms with Gasteiger partial charge in [0.25, 0.3) is 10.2 Å². The molecule has 0 radical (unpaired) electrons. The first-order valence-electron chi connectivity index (χ1n) is 17.3. The van der Waals surface area contributed by atoms with Gasteiger partial charge >= 0.3 is 18.0 Å². The van der Waals surface area contributed by atoms with E-state index >= 15 is 0 Å². The molecule has 4 atom stereocenters. The summed E-state index contributed by atoms with van der Waals surface area (Å²) in [4.78, 5) is 60.1. The molecule has 0 aromatic heterocycles. The van der Waals surface area contributed by atoms with Crippen LogP contribution in [0.25, 0.3) is 0 Å². The molecule has 0 spiro atoms. The third-order valence-corrected chi connectivity index (χ3v) is 10.8. The lowest BCUT2D eigenvalue weighted by Gasteiger charge is -2.37. The summed E-state index contributed by atoms with van der Waals surface area (Å²) < 4.78 is 35.8. The number of nitrogens with zero attached hydrogens (tertiary/aromatic N) is 1. The number of rotatable bonds is 17. The van der Waals surface area contributed by atoms with Crippen molar-refractivity contribution in [2.24, 2.45) is 17.8 Å². The summed E-state index contributed by atoms with van der Waals surface area (Å²) in [6.07, 6.45) is 3.55. The second kappa shape index (κ2) is 18.6. The molecule has 0 aliphatic heterocycles. The van der Waals surface area contributed by atoms with Crippen molar-refractivity contribution < 1.29 is 47.2 Å². The lowest BCUT2D eigenvalue weighted by atomic mass is 9.78. The van der Waals surface area contributed by atoms with Crippen LogP contribution in [0.2, 0.25) is 0 Å². The van der Waals surface area contributed by atoms with Crippen LogP contribution in [0.4, 0.5) is 4.79 Å². The Kier molecular flexibility index (Phi) is 15.3. The van der Waals surface area contributed by atoms with E-state index in [1.54, 1.807) is 6.92 Å². The number of aliphatic hydroxyl groups is 1. The summed E-state index contributed by atoms with van der Waals surface area (Å²) in [5, 5.41) is 17.0. The summed E-state index contributed by atoms with van der Waals surface area (Å²) in [5.74, 6) is -2.58. The predicted molar refractivity (Wildman–Crippen MR) is 181 cm³/mol. The summed E-state index contributed by atoms with van der Waals surface area (Å²) in [6.45, 7) is 8.06. The Bertz CT molecular complexity index is 1350. The van der Waals surface area contributed by atoms with Crippen molar-refractivity contribution in [1.82, 2.24) is 19.7 Å². The van der Waals surface area contributed by atoms with Crippen LogP contribution in [0.15, 0.2) is 30.3 Å². The average Bonchev–Trinajstić information content (AvgIpc) is 3.03. The van der Waals surface area contributed by atoms with Crippen molar-refractivity contribution >= 4 is 34.1 Å². The second-order valence-electron chi connectivity index (χ2n) is 13.9. The van der Waals surface area contributed by atoms with Gasteiger partial charge in [-0.3, -0.25) is 9.59 Å². The predicted octanol–water partition coefficient (Wildman–Crippen LogP) is 3.14. The highest BCUT2D eigenvalue weighted by Crippen LogP contribution is 2.29. The molecule has 2 saturated carbocycles. The Hall–Kier alpha value is -3.27. The van der Waals surface area contributed by atoms with Crippen molar-refractivity contribution in [2.45, 2.75) is 116 Å². The lowest BCUT2D eigenvalue weighted by Crippen LogP contribution is -2.59. The van der Waals surface area contributed by atoms with Crippen molar-refractivity contribution in [3.8, 4) is 0 Å². The van der Waals surface area contributed by atoms with Crippen LogP contribution in [0.5, 0.6) is 0 Å². The number of hydrogen-bond donors (Lipinski definition) is 4. The largest absolute Gasteiger partial charge is 0.465 e. The highest BCUT2D eigenvalue weighted by atomic mass is 32.2. The monoisotopic (exact) mass is 710 g/mol. The number of amides is 2. The summed E-state index contributed by atoms with van der Waals surface area (Å²) >= 11 is 0. The molecular formula is C34H54N4O10S. The molecule has 4 unspecified atom stereocenters. The molecule has 2 fully saturated rings. The van der Waals surface area contributed by atoms with E-state index in [0.717, 1.165) is 29.1 Å². The molecule has 0 bridgehead atoms. The maximum Gasteiger partial charge on any atom is 0.450 e. The summed E-state index contributed by atoms with van der Waals surface area (Å²) in [7, 11) is -4.31. The fourth-order valence-corrected chi connectivity index (χ4v) is 7.43. The molecule has 15 heteroatoms. The molecule has 2 amide bonds. The normalized spacial score (nSPS) is 19.8. The maximum absolute atomic E-state index is 13.6. The molecule has 276 valence electrons. The van der Waals surface area contributed by atoms with Gasteiger partial charge in [-0.05, 0) is 70.8 Å². The van der Waals surface area contributed by atoms with Crippen LogP contribution < -0.4 is 15.4 Å². The van der Waals surface area contributed by atoms with E-state index in [4.69, 9.17) is 14.5 Å². The number of aliphatic hydroxyl groups excluding tert-OH is 1. The van der Waals surface area contributed by atoms with Crippen molar-refractivity contribution in [1.29, 1.82) is 0 Å². The zero-order chi connectivity index (χ0) is 36.2. The minimum atomic E-state index is -4.31. The molecule has 0 heterocycles. The standard InChI is InChI=1S/C34H54N4O10S/c1-6-46-32(42)34(4,5)37-49(44,45)38(20-19-23(2)3)22-29(39)28(21-24-13-9-7-10-14-24)35-30(40)26-17-18-27(26)36-33(43)48-47-31(41)25-15-11-8-12-16-25/h7,9-10,13-14,23,25-29,37,39H,6,8,11-12,15-22H2,1-5H3,(H,35,40)(H,36,43). The van der Waals surface area contributed by atoms with Crippen LogP contribution in [-0.4, -0.2) is 85.2 Å². The first kappa shape index (κ1) is 40.2. The van der Waals surface area contributed by atoms with Gasteiger partial charge in [0.1, 0.15) is 5.54 Å². The van der Waals surface area contributed by atoms with Crippen LogP contribution in [0, 0.1) is 17.8 Å². The van der Waals surface area contributed by atoms with Crippen LogP contribution >= 0.6 is 0 Å². The Morgan fingerprint density at radius 1 is 1.00 bits per heavy atom. The first-order valence-corrected chi connectivity index (χ1v) is 18.7. The Morgan fingerprint density at radius 2 is 1.67 bits per heavy atom. The average molecular weight is 711 g/mol. The Balaban J connectivity index is 1.70. The zero-order valence-corrected chi connectivity index (χ0v) is 30.1. The minimum Gasteiger partial charge on any atom is -0.465 e. The molecule has 49 heavy (non-hydrogen) atoms. The smallest absolute Gasteiger partial charge is 0.450 e. The van der Waals surface area contributed by atoms with E-state index in [1.807, 2.05) is 44.2 Å². The number of benzene rings is 1. The number of hydrogen-bond acceptors (Lipinski definition) is 10. The van der Waals surface area contributed by atoms with Crippen LogP contribution in [-0.2, 0) is 45.5 Å². The highest BCUT2D eigenvalue weighted by molar-refractivity contribution is 7.87. The van der Waals surface area contributed by atoms with Gasteiger partial charge in [-0.2, -0.15) is 17.4 Å². The van der Waals surface area contributed by atoms with Gasteiger partial charge in [0, 0.05) is 19.1 Å². The quantitative estimate of drug-likeness (QED) is 0.106. The number of nitrogens with one attached hydrogen (secondary N) is 3. The maximum atomic E-state index is 13.6. The SMILES string of the molecule is CCOC(=O)C(C)(C)NS(=O)(=O)N(CCC(C)C)CC(O)C(Cc1ccccc1)NC(=O)C1CCC1NC(=O)OOC(=O)C1CCCCC1. The topological polar surface area (TPSA) is 190 Å². The van der Waals surface area contributed by atoms with Crippen LogP contribution in [0.3, 0.4) is 0 Å². The molecule has 2 aliphatic carbocycles. The van der Waals surface area contributed by atoms with Crippen molar-refractivity contribution in [3.63, 3.8) is 0 Å². The van der Waals surface area contributed by atoms with Gasteiger partial charge in [0.05, 0.1) is 30.6 Å². The molecule has 14 nitrogen and oxygen atoms in total. The van der Waals surface area contributed by atoms with E-state index in [9.17, 15) is 32.7 Å². The third kappa shape index (κ3) is 12.5. The second-order valence-corrected chi connectivity index (χ2v) is 15.6. The molecule has 3 rings (SSSR count). The van der Waals surface area contributed by atoms with Crippen molar-refractivity contribution in [3.05, 3.63) is 35.9 Å². The third-order valence-electron chi connectivity index (χ3n) is 9.00. The van der Waals surface area contributed by atoms with Crippen LogP contribution in [0.1, 0.15) is 91.5 Å². The fraction of sp³-hybridized carbons (Fsp3) is 0.706.